The number of carbonyl (C=O) groups is 2. The number of halogens is 1. The Bertz CT molecular complexity index is 1100. The van der Waals surface area contributed by atoms with Crippen molar-refractivity contribution >= 4 is 34.8 Å². The van der Waals surface area contributed by atoms with E-state index in [1.165, 1.54) is 0 Å². The van der Waals surface area contributed by atoms with Gasteiger partial charge in [0.25, 0.3) is 5.91 Å². The molecule has 0 spiro atoms. The molecule has 0 aromatic heterocycles. The molecule has 192 valence electrons. The van der Waals surface area contributed by atoms with Crippen LogP contribution >= 0.6 is 11.6 Å². The second-order valence-corrected chi connectivity index (χ2v) is 10.3. The molecular weight excluding hydrogens is 478 g/mol. The van der Waals surface area contributed by atoms with Crippen LogP contribution in [0.5, 0.6) is 5.75 Å². The van der Waals surface area contributed by atoms with Crippen molar-refractivity contribution in [3.05, 3.63) is 52.5 Å². The van der Waals surface area contributed by atoms with Crippen molar-refractivity contribution in [3.8, 4) is 5.75 Å². The molecule has 2 aromatic carbocycles. The molecule has 3 aliphatic rings. The summed E-state index contributed by atoms with van der Waals surface area (Å²) in [5.41, 5.74) is 8.65. The van der Waals surface area contributed by atoms with Gasteiger partial charge in [-0.1, -0.05) is 29.8 Å². The summed E-state index contributed by atoms with van der Waals surface area (Å²) in [6, 6.07) is 11.1. The quantitative estimate of drug-likeness (QED) is 0.444. The van der Waals surface area contributed by atoms with Crippen molar-refractivity contribution in [1.82, 2.24) is 15.5 Å². The lowest BCUT2D eigenvalue weighted by atomic mass is 9.87. The maximum atomic E-state index is 13.4. The molecule has 1 atom stereocenters. The van der Waals surface area contributed by atoms with Gasteiger partial charge >= 0.3 is 0 Å². The Balaban J connectivity index is 1.24. The number of ether oxygens (including phenoxy) is 1. The van der Waals surface area contributed by atoms with Crippen molar-refractivity contribution in [2.45, 2.75) is 44.2 Å². The first-order chi connectivity index (χ1) is 17.5. The third-order valence-electron chi connectivity index (χ3n) is 7.61. The SMILES string of the molecule is Nc1c(Cl)cc(C(=O)NC2CCN(C(C(=O)Nc3ccccc3)C3CCNCC3)CC2)c2c1CCO2. The van der Waals surface area contributed by atoms with E-state index in [1.54, 1.807) is 6.07 Å². The van der Waals surface area contributed by atoms with Gasteiger partial charge in [0.1, 0.15) is 5.75 Å². The molecule has 0 radical (unpaired) electrons. The fourth-order valence-corrected chi connectivity index (χ4v) is 5.92. The molecule has 0 saturated carbocycles. The Kier molecular flexibility index (Phi) is 7.65. The van der Waals surface area contributed by atoms with E-state index in [4.69, 9.17) is 22.1 Å². The Morgan fingerprint density at radius 2 is 1.83 bits per heavy atom. The maximum absolute atomic E-state index is 13.4. The highest BCUT2D eigenvalue weighted by Crippen LogP contribution is 2.38. The fourth-order valence-electron chi connectivity index (χ4n) is 5.70. The van der Waals surface area contributed by atoms with Gasteiger partial charge in [-0.25, -0.2) is 0 Å². The Labute approximate surface area is 216 Å². The minimum atomic E-state index is -0.190. The molecule has 0 bridgehead atoms. The van der Waals surface area contributed by atoms with Gasteiger partial charge in [-0.05, 0) is 62.9 Å². The summed E-state index contributed by atoms with van der Waals surface area (Å²) in [7, 11) is 0. The zero-order valence-corrected chi connectivity index (χ0v) is 21.2. The van der Waals surface area contributed by atoms with Crippen LogP contribution in [0.3, 0.4) is 0 Å². The predicted molar refractivity (Wildman–Crippen MR) is 142 cm³/mol. The van der Waals surface area contributed by atoms with Crippen molar-refractivity contribution in [3.63, 3.8) is 0 Å². The molecule has 5 rings (SSSR count). The summed E-state index contributed by atoms with van der Waals surface area (Å²) in [4.78, 5) is 28.9. The number of hydrogen-bond donors (Lipinski definition) is 4. The van der Waals surface area contributed by atoms with Gasteiger partial charge < -0.3 is 26.4 Å². The third kappa shape index (κ3) is 5.31. The molecule has 3 heterocycles. The highest BCUT2D eigenvalue weighted by molar-refractivity contribution is 6.33. The van der Waals surface area contributed by atoms with Gasteiger partial charge in [0, 0.05) is 36.8 Å². The van der Waals surface area contributed by atoms with E-state index in [-0.39, 0.29) is 23.9 Å². The number of likely N-dealkylation sites (tertiary alicyclic amines) is 1. The molecule has 2 fully saturated rings. The summed E-state index contributed by atoms with van der Waals surface area (Å²) in [5.74, 6) is 0.721. The van der Waals surface area contributed by atoms with Crippen LogP contribution in [0.15, 0.2) is 36.4 Å². The largest absolute Gasteiger partial charge is 0.492 e. The summed E-state index contributed by atoms with van der Waals surface area (Å²) >= 11 is 6.29. The lowest BCUT2D eigenvalue weighted by Crippen LogP contribution is -2.55. The highest BCUT2D eigenvalue weighted by Gasteiger charge is 2.37. The molecule has 0 aliphatic carbocycles. The number of carbonyl (C=O) groups excluding carboxylic acids is 2. The summed E-state index contributed by atoms with van der Waals surface area (Å²) in [6.45, 7) is 3.87. The van der Waals surface area contributed by atoms with Crippen LogP contribution in [0.1, 0.15) is 41.6 Å². The van der Waals surface area contributed by atoms with Gasteiger partial charge in [0.05, 0.1) is 28.9 Å². The first kappa shape index (κ1) is 24.9. The Morgan fingerprint density at radius 1 is 1.11 bits per heavy atom. The van der Waals surface area contributed by atoms with Crippen LogP contribution < -0.4 is 26.4 Å². The predicted octanol–water partition coefficient (Wildman–Crippen LogP) is 3.06. The fraction of sp³-hybridized carbons (Fsp3) is 0.481. The number of nitrogen functional groups attached to an aromatic ring is 1. The van der Waals surface area contributed by atoms with Gasteiger partial charge in [0.15, 0.2) is 0 Å². The smallest absolute Gasteiger partial charge is 0.255 e. The molecule has 9 heteroatoms. The number of nitrogens with zero attached hydrogens (tertiary/aromatic N) is 1. The van der Waals surface area contributed by atoms with Crippen LogP contribution in [0.25, 0.3) is 0 Å². The number of nitrogens with two attached hydrogens (primary N) is 1. The van der Waals surface area contributed by atoms with Crippen molar-refractivity contribution in [2.75, 3.05) is 43.8 Å². The molecule has 36 heavy (non-hydrogen) atoms. The van der Waals surface area contributed by atoms with Gasteiger partial charge in [-0.15, -0.1) is 0 Å². The topological polar surface area (TPSA) is 109 Å². The molecule has 5 N–H and O–H groups in total. The summed E-state index contributed by atoms with van der Waals surface area (Å²) in [6.07, 6.45) is 4.16. The first-order valence-corrected chi connectivity index (χ1v) is 13.2. The minimum Gasteiger partial charge on any atom is -0.492 e. The normalized spacial score (nSPS) is 19.8. The average Bonchev–Trinajstić information content (AvgIpc) is 3.39. The second-order valence-electron chi connectivity index (χ2n) is 9.90. The van der Waals surface area contributed by atoms with Crippen LogP contribution in [-0.4, -0.2) is 61.6 Å². The number of piperidine rings is 2. The minimum absolute atomic E-state index is 0.0213. The van der Waals surface area contributed by atoms with Gasteiger partial charge in [-0.3, -0.25) is 14.5 Å². The maximum Gasteiger partial charge on any atom is 0.255 e. The molecule has 1 unspecified atom stereocenters. The van der Waals surface area contributed by atoms with Crippen molar-refractivity contribution in [2.24, 2.45) is 5.92 Å². The van der Waals surface area contributed by atoms with Crippen LogP contribution in [-0.2, 0) is 11.2 Å². The lowest BCUT2D eigenvalue weighted by molar-refractivity contribution is -0.124. The zero-order chi connectivity index (χ0) is 25.1. The Morgan fingerprint density at radius 3 is 2.56 bits per heavy atom. The lowest BCUT2D eigenvalue weighted by Gasteiger charge is -2.41. The number of amides is 2. The Hall–Kier alpha value is -2.81. The number of hydrogen-bond acceptors (Lipinski definition) is 6. The third-order valence-corrected chi connectivity index (χ3v) is 7.93. The van der Waals surface area contributed by atoms with Crippen LogP contribution in [0, 0.1) is 5.92 Å². The van der Waals surface area contributed by atoms with Gasteiger partial charge in [-0.2, -0.15) is 0 Å². The van der Waals surface area contributed by atoms with E-state index in [0.29, 0.717) is 41.0 Å². The van der Waals surface area contributed by atoms with E-state index >= 15 is 0 Å². The number of rotatable bonds is 6. The molecule has 8 nitrogen and oxygen atoms in total. The number of fused-ring (bicyclic) bond motifs is 1. The summed E-state index contributed by atoms with van der Waals surface area (Å²) < 4.78 is 5.71. The van der Waals surface area contributed by atoms with Crippen molar-refractivity contribution in [1.29, 1.82) is 0 Å². The first-order valence-electron chi connectivity index (χ1n) is 12.9. The average molecular weight is 512 g/mol. The molecule has 2 amide bonds. The standard InChI is InChI=1S/C27H34ClN5O3/c28-22-16-21(25-20(23(22)29)10-15-36-25)26(34)31-19-8-13-33(14-9-19)24(17-6-11-30-12-7-17)27(35)32-18-4-2-1-3-5-18/h1-5,16-17,19,24,30H,6-15,29H2,(H,31,34)(H,32,35). The van der Waals surface area contributed by atoms with Crippen LogP contribution in [0.2, 0.25) is 5.02 Å². The summed E-state index contributed by atoms with van der Waals surface area (Å²) in [5, 5.41) is 10.1. The molecule has 2 aromatic rings. The van der Waals surface area contributed by atoms with Crippen LogP contribution in [0.4, 0.5) is 11.4 Å². The van der Waals surface area contributed by atoms with E-state index in [0.717, 1.165) is 63.1 Å². The number of nitrogens with one attached hydrogen (secondary N) is 3. The van der Waals surface area contributed by atoms with Crippen molar-refractivity contribution < 1.29 is 14.3 Å². The van der Waals surface area contributed by atoms with E-state index in [2.05, 4.69) is 20.9 Å². The second kappa shape index (κ2) is 11.1. The highest BCUT2D eigenvalue weighted by atomic mass is 35.5. The number of benzene rings is 2. The van der Waals surface area contributed by atoms with E-state index in [9.17, 15) is 9.59 Å². The number of anilines is 2. The van der Waals surface area contributed by atoms with E-state index in [1.807, 2.05) is 30.3 Å². The molecule has 2 saturated heterocycles. The monoisotopic (exact) mass is 511 g/mol. The number of para-hydroxylation sites is 1. The van der Waals surface area contributed by atoms with Gasteiger partial charge in [0.2, 0.25) is 5.91 Å². The molecular formula is C27H34ClN5O3. The van der Waals surface area contributed by atoms with E-state index < -0.39 is 0 Å². The molecule has 3 aliphatic heterocycles. The zero-order valence-electron chi connectivity index (χ0n) is 20.4.